The minimum atomic E-state index is 0.538. The Labute approximate surface area is 142 Å². The highest BCUT2D eigenvalue weighted by molar-refractivity contribution is 5.97. The SMILES string of the molecule is [CH2]CCCNc1c(N)cnc2cc(OCc3ccccc3)ccc12. The fourth-order valence-corrected chi connectivity index (χ4v) is 2.56. The largest absolute Gasteiger partial charge is 0.489 e. The molecule has 0 saturated carbocycles. The third-order valence-corrected chi connectivity index (χ3v) is 3.85. The molecule has 0 unspecified atom stereocenters. The topological polar surface area (TPSA) is 60.2 Å². The number of hydrogen-bond donors (Lipinski definition) is 2. The first-order chi connectivity index (χ1) is 11.8. The van der Waals surface area contributed by atoms with E-state index in [-0.39, 0.29) is 0 Å². The molecule has 0 aliphatic rings. The lowest BCUT2D eigenvalue weighted by atomic mass is 10.1. The molecule has 0 bridgehead atoms. The molecule has 0 saturated heterocycles. The number of nitrogens with zero attached hydrogens (tertiary/aromatic N) is 1. The third-order valence-electron chi connectivity index (χ3n) is 3.85. The van der Waals surface area contributed by atoms with Gasteiger partial charge in [0.05, 0.1) is 23.1 Å². The van der Waals surface area contributed by atoms with E-state index in [1.165, 1.54) is 0 Å². The number of rotatable bonds is 7. The van der Waals surface area contributed by atoms with Gasteiger partial charge in [-0.15, -0.1) is 0 Å². The fraction of sp³-hybridized carbons (Fsp3) is 0.200. The van der Waals surface area contributed by atoms with Gasteiger partial charge in [-0.25, -0.2) is 0 Å². The van der Waals surface area contributed by atoms with E-state index in [9.17, 15) is 0 Å². The van der Waals surface area contributed by atoms with Crippen LogP contribution in [0.5, 0.6) is 5.75 Å². The first kappa shape index (κ1) is 16.1. The minimum absolute atomic E-state index is 0.538. The predicted molar refractivity (Wildman–Crippen MR) is 100 cm³/mol. The summed E-state index contributed by atoms with van der Waals surface area (Å²) in [4.78, 5) is 4.43. The fourth-order valence-electron chi connectivity index (χ4n) is 2.56. The average molecular weight is 320 g/mol. The van der Waals surface area contributed by atoms with Gasteiger partial charge in [0, 0.05) is 18.0 Å². The van der Waals surface area contributed by atoms with Crippen LogP contribution in [0.4, 0.5) is 11.4 Å². The molecule has 0 amide bonds. The highest BCUT2D eigenvalue weighted by atomic mass is 16.5. The normalized spacial score (nSPS) is 10.7. The van der Waals surface area contributed by atoms with Crippen molar-refractivity contribution in [3.63, 3.8) is 0 Å². The second-order valence-corrected chi connectivity index (χ2v) is 5.68. The molecule has 0 aliphatic heterocycles. The molecule has 4 heteroatoms. The number of aromatic nitrogens is 1. The Morgan fingerprint density at radius 1 is 1.12 bits per heavy atom. The van der Waals surface area contributed by atoms with Crippen LogP contribution in [0.3, 0.4) is 0 Å². The highest BCUT2D eigenvalue weighted by Gasteiger charge is 2.07. The van der Waals surface area contributed by atoms with Crippen LogP contribution in [0.2, 0.25) is 0 Å². The molecule has 4 nitrogen and oxygen atoms in total. The van der Waals surface area contributed by atoms with Gasteiger partial charge in [-0.05, 0) is 24.1 Å². The Morgan fingerprint density at radius 3 is 2.75 bits per heavy atom. The Hall–Kier alpha value is -2.75. The van der Waals surface area contributed by atoms with Crippen molar-refractivity contribution in [3.8, 4) is 5.75 Å². The maximum atomic E-state index is 6.07. The molecule has 0 fully saturated rings. The van der Waals surface area contributed by atoms with Gasteiger partial charge in [0.1, 0.15) is 12.4 Å². The Morgan fingerprint density at radius 2 is 1.96 bits per heavy atom. The summed E-state index contributed by atoms with van der Waals surface area (Å²) in [5.74, 6) is 0.798. The number of nitrogen functional groups attached to an aromatic ring is 1. The summed E-state index contributed by atoms with van der Waals surface area (Å²) in [5, 5.41) is 4.39. The molecule has 3 N–H and O–H groups in total. The van der Waals surface area contributed by atoms with Crippen molar-refractivity contribution in [3.05, 3.63) is 67.2 Å². The van der Waals surface area contributed by atoms with Crippen molar-refractivity contribution in [2.45, 2.75) is 19.4 Å². The molecule has 3 rings (SSSR count). The predicted octanol–water partition coefficient (Wildman–Crippen LogP) is 4.42. The number of nitrogens with two attached hydrogens (primary N) is 1. The summed E-state index contributed by atoms with van der Waals surface area (Å²) in [7, 11) is 0. The van der Waals surface area contributed by atoms with Crippen molar-refractivity contribution < 1.29 is 4.74 Å². The zero-order valence-electron chi connectivity index (χ0n) is 13.7. The number of pyridine rings is 1. The molecule has 2 aromatic carbocycles. The lowest BCUT2D eigenvalue weighted by Crippen LogP contribution is -2.05. The summed E-state index contributed by atoms with van der Waals surface area (Å²) in [6, 6.07) is 16.0. The summed E-state index contributed by atoms with van der Waals surface area (Å²) in [6.07, 6.45) is 3.59. The van der Waals surface area contributed by atoms with Crippen LogP contribution in [0.1, 0.15) is 18.4 Å². The number of ether oxygens (including phenoxy) is 1. The second-order valence-electron chi connectivity index (χ2n) is 5.68. The lowest BCUT2D eigenvalue weighted by molar-refractivity contribution is 0.306. The Balaban J connectivity index is 1.79. The van der Waals surface area contributed by atoms with Crippen molar-refractivity contribution in [1.82, 2.24) is 4.98 Å². The van der Waals surface area contributed by atoms with Crippen molar-refractivity contribution >= 4 is 22.3 Å². The number of unbranched alkanes of at least 4 members (excludes halogenated alkanes) is 1. The van der Waals surface area contributed by atoms with Gasteiger partial charge in [0.2, 0.25) is 0 Å². The molecule has 0 spiro atoms. The number of benzene rings is 2. The van der Waals surface area contributed by atoms with Crippen molar-refractivity contribution in [2.24, 2.45) is 0 Å². The van der Waals surface area contributed by atoms with Crippen molar-refractivity contribution in [1.29, 1.82) is 0 Å². The van der Waals surface area contributed by atoms with Crippen LogP contribution >= 0.6 is 0 Å². The van der Waals surface area contributed by atoms with Gasteiger partial charge >= 0.3 is 0 Å². The molecular weight excluding hydrogens is 298 g/mol. The van der Waals surface area contributed by atoms with E-state index in [4.69, 9.17) is 10.5 Å². The number of fused-ring (bicyclic) bond motifs is 1. The van der Waals surface area contributed by atoms with Gasteiger partial charge in [-0.2, -0.15) is 0 Å². The molecule has 0 aliphatic carbocycles. The van der Waals surface area contributed by atoms with Crippen molar-refractivity contribution in [2.75, 3.05) is 17.6 Å². The summed E-state index contributed by atoms with van der Waals surface area (Å²) >= 11 is 0. The summed E-state index contributed by atoms with van der Waals surface area (Å²) in [5.41, 5.74) is 9.66. The monoisotopic (exact) mass is 320 g/mol. The van der Waals surface area contributed by atoms with E-state index in [1.807, 2.05) is 48.5 Å². The van der Waals surface area contributed by atoms with Gasteiger partial charge in [-0.1, -0.05) is 43.7 Å². The smallest absolute Gasteiger partial charge is 0.122 e. The molecule has 1 aromatic heterocycles. The van der Waals surface area contributed by atoms with E-state index in [0.29, 0.717) is 12.3 Å². The zero-order chi connectivity index (χ0) is 16.8. The molecule has 1 radical (unpaired) electrons. The second kappa shape index (κ2) is 7.68. The van der Waals surface area contributed by atoms with Gasteiger partial charge in [0.15, 0.2) is 0 Å². The van der Waals surface area contributed by atoms with E-state index < -0.39 is 0 Å². The molecule has 123 valence electrons. The van der Waals surface area contributed by atoms with E-state index in [1.54, 1.807) is 6.20 Å². The van der Waals surface area contributed by atoms with Crippen LogP contribution in [-0.2, 0) is 6.61 Å². The first-order valence-electron chi connectivity index (χ1n) is 8.16. The number of hydrogen-bond acceptors (Lipinski definition) is 4. The Bertz CT molecular complexity index is 803. The average Bonchev–Trinajstić information content (AvgIpc) is 2.63. The lowest BCUT2D eigenvalue weighted by Gasteiger charge is -2.13. The van der Waals surface area contributed by atoms with Gasteiger partial charge in [-0.3, -0.25) is 4.98 Å². The quantitative estimate of drug-likeness (QED) is 0.633. The molecule has 0 atom stereocenters. The summed E-state index contributed by atoms with van der Waals surface area (Å²) < 4.78 is 5.87. The zero-order valence-corrected chi connectivity index (χ0v) is 13.7. The van der Waals surface area contributed by atoms with E-state index in [2.05, 4.69) is 17.2 Å². The highest BCUT2D eigenvalue weighted by Crippen LogP contribution is 2.30. The van der Waals surface area contributed by atoms with Crippen LogP contribution in [-0.4, -0.2) is 11.5 Å². The molecular formula is C20H22N3O. The van der Waals surface area contributed by atoms with Crippen LogP contribution in [0, 0.1) is 6.92 Å². The minimum Gasteiger partial charge on any atom is -0.489 e. The van der Waals surface area contributed by atoms with Crippen LogP contribution < -0.4 is 15.8 Å². The maximum absolute atomic E-state index is 6.07. The van der Waals surface area contributed by atoms with E-state index in [0.717, 1.165) is 47.3 Å². The molecule has 24 heavy (non-hydrogen) atoms. The van der Waals surface area contributed by atoms with Crippen LogP contribution in [0.25, 0.3) is 10.9 Å². The van der Waals surface area contributed by atoms with Gasteiger partial charge in [0.25, 0.3) is 0 Å². The van der Waals surface area contributed by atoms with Crippen LogP contribution in [0.15, 0.2) is 54.7 Å². The van der Waals surface area contributed by atoms with Gasteiger partial charge < -0.3 is 15.8 Å². The maximum Gasteiger partial charge on any atom is 0.122 e. The molecule has 1 heterocycles. The number of anilines is 2. The third kappa shape index (κ3) is 3.77. The van der Waals surface area contributed by atoms with E-state index >= 15 is 0 Å². The number of nitrogens with one attached hydrogen (secondary N) is 1. The standard InChI is InChI=1S/C20H22N3O/c1-2-3-11-22-20-17-10-9-16(12-19(17)23-13-18(20)21)24-14-15-7-5-4-6-8-15/h4-10,12-13H,1-3,11,14,21H2,(H,22,23). The first-order valence-corrected chi connectivity index (χ1v) is 8.16. The summed E-state index contributed by atoms with van der Waals surface area (Å²) in [6.45, 7) is 5.24. The Kier molecular flexibility index (Phi) is 5.16. The molecule has 3 aromatic rings.